The van der Waals surface area contributed by atoms with Crippen LogP contribution in [0.5, 0.6) is 0 Å². The molecule has 2 aromatic heterocycles. The molecule has 4 rings (SSSR count). The van der Waals surface area contributed by atoms with Crippen LogP contribution >= 0.6 is 0 Å². The van der Waals surface area contributed by atoms with E-state index in [1.54, 1.807) is 0 Å². The Morgan fingerprint density at radius 1 is 1.07 bits per heavy atom. The summed E-state index contributed by atoms with van der Waals surface area (Å²) in [5.41, 5.74) is 2.59. The highest BCUT2D eigenvalue weighted by Gasteiger charge is 2.23. The summed E-state index contributed by atoms with van der Waals surface area (Å²) in [5.74, 6) is 2.91. The molecule has 27 heavy (non-hydrogen) atoms. The molecule has 1 aromatic carbocycles. The van der Waals surface area contributed by atoms with Gasteiger partial charge in [0.15, 0.2) is 0 Å². The van der Waals surface area contributed by atoms with Gasteiger partial charge >= 0.3 is 0 Å². The molecule has 0 saturated carbocycles. The molecule has 0 radical (unpaired) electrons. The van der Waals surface area contributed by atoms with Crippen LogP contribution in [0.15, 0.2) is 60.9 Å². The van der Waals surface area contributed by atoms with Gasteiger partial charge in [-0.05, 0) is 37.1 Å². The summed E-state index contributed by atoms with van der Waals surface area (Å²) >= 11 is 0. The zero-order chi connectivity index (χ0) is 18.6. The first-order valence-electron chi connectivity index (χ1n) is 9.97. The third-order valence-electron chi connectivity index (χ3n) is 5.36. The molecule has 3 heterocycles. The molecule has 0 spiro atoms. The normalized spacial score (nSPS) is 18.1. The number of piperidine rings is 1. The summed E-state index contributed by atoms with van der Waals surface area (Å²) in [7, 11) is 0. The predicted molar refractivity (Wildman–Crippen MR) is 109 cm³/mol. The van der Waals surface area contributed by atoms with E-state index in [-0.39, 0.29) is 0 Å². The number of likely N-dealkylation sites (tertiary alicyclic amines) is 1. The van der Waals surface area contributed by atoms with Crippen molar-refractivity contribution in [3.05, 3.63) is 78.0 Å². The van der Waals surface area contributed by atoms with Crippen molar-refractivity contribution in [3.8, 4) is 5.82 Å². The highest BCUT2D eigenvalue weighted by atomic mass is 15.1. The second-order valence-corrected chi connectivity index (χ2v) is 7.79. The second kappa shape index (κ2) is 8.05. The van der Waals surface area contributed by atoms with Crippen molar-refractivity contribution in [2.45, 2.75) is 45.1 Å². The van der Waals surface area contributed by atoms with Gasteiger partial charge in [-0.15, -0.1) is 0 Å². The molecule has 0 aliphatic carbocycles. The standard InChI is InChI=1S/C23H28N4/c1-18(2)23-24-13-15-27(23)22-12-6-11-21(25-22)20-10-7-14-26(17-20)16-19-8-4-3-5-9-19/h3-6,8-9,11-13,15,18,20H,7,10,14,16-17H2,1-2H3. The van der Waals surface area contributed by atoms with Gasteiger partial charge < -0.3 is 0 Å². The summed E-state index contributed by atoms with van der Waals surface area (Å²) in [6.45, 7) is 7.61. The lowest BCUT2D eigenvalue weighted by molar-refractivity contribution is 0.198. The molecule has 0 amide bonds. The summed E-state index contributed by atoms with van der Waals surface area (Å²) in [4.78, 5) is 12.1. The molecule has 4 heteroatoms. The Morgan fingerprint density at radius 2 is 1.93 bits per heavy atom. The number of hydrogen-bond acceptors (Lipinski definition) is 3. The highest BCUT2D eigenvalue weighted by molar-refractivity contribution is 5.29. The lowest BCUT2D eigenvalue weighted by Gasteiger charge is -2.32. The Bertz CT molecular complexity index is 869. The first-order valence-corrected chi connectivity index (χ1v) is 9.97. The first-order chi connectivity index (χ1) is 13.2. The number of benzene rings is 1. The zero-order valence-electron chi connectivity index (χ0n) is 16.3. The molecule has 1 fully saturated rings. The number of pyridine rings is 1. The Kier molecular flexibility index (Phi) is 5.35. The smallest absolute Gasteiger partial charge is 0.138 e. The number of hydrogen-bond donors (Lipinski definition) is 0. The van der Waals surface area contributed by atoms with Crippen LogP contribution < -0.4 is 0 Å². The van der Waals surface area contributed by atoms with E-state index in [0.29, 0.717) is 11.8 Å². The van der Waals surface area contributed by atoms with Gasteiger partial charge in [-0.2, -0.15) is 0 Å². The first kappa shape index (κ1) is 17.9. The van der Waals surface area contributed by atoms with Crippen LogP contribution in [-0.4, -0.2) is 32.5 Å². The summed E-state index contributed by atoms with van der Waals surface area (Å²) in [5, 5.41) is 0. The molecule has 1 aliphatic rings. The quantitative estimate of drug-likeness (QED) is 0.657. The van der Waals surface area contributed by atoms with Crippen LogP contribution in [0.2, 0.25) is 0 Å². The fraction of sp³-hybridized carbons (Fsp3) is 0.391. The van der Waals surface area contributed by atoms with Gasteiger partial charge in [0.2, 0.25) is 0 Å². The maximum atomic E-state index is 5.02. The molecular weight excluding hydrogens is 332 g/mol. The molecule has 1 saturated heterocycles. The van der Waals surface area contributed by atoms with Crippen LogP contribution in [0.25, 0.3) is 5.82 Å². The van der Waals surface area contributed by atoms with E-state index in [1.165, 1.54) is 30.6 Å². The zero-order valence-corrected chi connectivity index (χ0v) is 16.3. The minimum absolute atomic E-state index is 0.376. The summed E-state index contributed by atoms with van der Waals surface area (Å²) < 4.78 is 2.12. The van der Waals surface area contributed by atoms with Crippen LogP contribution in [0.1, 0.15) is 55.6 Å². The van der Waals surface area contributed by atoms with Gasteiger partial charge in [-0.3, -0.25) is 9.47 Å². The largest absolute Gasteiger partial charge is 0.298 e. The molecule has 1 unspecified atom stereocenters. The Labute approximate surface area is 161 Å². The van der Waals surface area contributed by atoms with E-state index in [0.717, 1.165) is 24.7 Å². The fourth-order valence-electron chi connectivity index (χ4n) is 4.02. The third-order valence-corrected chi connectivity index (χ3v) is 5.36. The van der Waals surface area contributed by atoms with Crippen molar-refractivity contribution in [1.82, 2.24) is 19.4 Å². The van der Waals surface area contributed by atoms with E-state index in [9.17, 15) is 0 Å². The number of aromatic nitrogens is 3. The Morgan fingerprint density at radius 3 is 2.74 bits per heavy atom. The molecular formula is C23H28N4. The maximum Gasteiger partial charge on any atom is 0.138 e. The molecule has 0 bridgehead atoms. The fourth-order valence-corrected chi connectivity index (χ4v) is 4.02. The molecule has 1 atom stereocenters. The highest BCUT2D eigenvalue weighted by Crippen LogP contribution is 2.27. The average Bonchev–Trinajstić information content (AvgIpc) is 3.19. The van der Waals surface area contributed by atoms with E-state index in [1.807, 2.05) is 12.4 Å². The minimum atomic E-state index is 0.376. The Balaban J connectivity index is 1.52. The summed E-state index contributed by atoms with van der Waals surface area (Å²) in [6.07, 6.45) is 6.32. The van der Waals surface area contributed by atoms with Gasteiger partial charge in [-0.1, -0.05) is 50.2 Å². The van der Waals surface area contributed by atoms with Crippen molar-refractivity contribution in [1.29, 1.82) is 0 Å². The van der Waals surface area contributed by atoms with Gasteiger partial charge in [0.25, 0.3) is 0 Å². The van der Waals surface area contributed by atoms with Crippen molar-refractivity contribution >= 4 is 0 Å². The molecule has 4 nitrogen and oxygen atoms in total. The van der Waals surface area contributed by atoms with E-state index in [2.05, 4.69) is 76.8 Å². The molecule has 140 valence electrons. The van der Waals surface area contributed by atoms with Crippen molar-refractivity contribution < 1.29 is 0 Å². The van der Waals surface area contributed by atoms with Gasteiger partial charge in [0, 0.05) is 43.0 Å². The van der Waals surface area contributed by atoms with Crippen molar-refractivity contribution in [2.75, 3.05) is 13.1 Å². The molecule has 3 aromatic rings. The maximum absolute atomic E-state index is 5.02. The van der Waals surface area contributed by atoms with Crippen LogP contribution in [-0.2, 0) is 6.54 Å². The van der Waals surface area contributed by atoms with Gasteiger partial charge in [0.05, 0.1) is 0 Å². The van der Waals surface area contributed by atoms with Crippen LogP contribution in [0.3, 0.4) is 0 Å². The average molecular weight is 361 g/mol. The van der Waals surface area contributed by atoms with Crippen molar-refractivity contribution in [2.24, 2.45) is 0 Å². The minimum Gasteiger partial charge on any atom is -0.298 e. The number of imidazole rings is 1. The summed E-state index contributed by atoms with van der Waals surface area (Å²) in [6, 6.07) is 17.2. The lowest BCUT2D eigenvalue weighted by Crippen LogP contribution is -2.34. The van der Waals surface area contributed by atoms with Crippen molar-refractivity contribution in [3.63, 3.8) is 0 Å². The SMILES string of the molecule is CC(C)c1nccn1-c1cccc(C2CCCN(Cc3ccccc3)C2)n1. The molecule has 0 N–H and O–H groups in total. The lowest BCUT2D eigenvalue weighted by atomic mass is 9.94. The molecule has 1 aliphatic heterocycles. The van der Waals surface area contributed by atoms with E-state index >= 15 is 0 Å². The van der Waals surface area contributed by atoms with E-state index < -0.39 is 0 Å². The van der Waals surface area contributed by atoms with Crippen LogP contribution in [0.4, 0.5) is 0 Å². The van der Waals surface area contributed by atoms with Gasteiger partial charge in [-0.25, -0.2) is 9.97 Å². The number of nitrogens with zero attached hydrogens (tertiary/aromatic N) is 4. The van der Waals surface area contributed by atoms with Gasteiger partial charge in [0.1, 0.15) is 11.6 Å². The monoisotopic (exact) mass is 360 g/mol. The topological polar surface area (TPSA) is 34.0 Å². The predicted octanol–water partition coefficient (Wildman–Crippen LogP) is 4.77. The third kappa shape index (κ3) is 4.11. The number of rotatable bonds is 5. The Hall–Kier alpha value is -2.46. The van der Waals surface area contributed by atoms with Crippen LogP contribution in [0, 0.1) is 0 Å². The van der Waals surface area contributed by atoms with E-state index in [4.69, 9.17) is 4.98 Å². The second-order valence-electron chi connectivity index (χ2n) is 7.79.